The minimum Gasteiger partial charge on any atom is -0.494 e. The number of hydrogen-bond acceptors (Lipinski definition) is 6. The number of nitrogens with zero attached hydrogens (tertiary/aromatic N) is 2. The van der Waals surface area contributed by atoms with Crippen LogP contribution in [0, 0.1) is 0 Å². The predicted octanol–water partition coefficient (Wildman–Crippen LogP) is 7.77. The number of ether oxygens (including phenoxy) is 1. The summed E-state index contributed by atoms with van der Waals surface area (Å²) in [6.07, 6.45) is 9.83. The minimum absolute atomic E-state index is 0.168. The molecule has 42 heavy (non-hydrogen) atoms. The van der Waals surface area contributed by atoms with E-state index in [9.17, 15) is 14.7 Å². The topological polar surface area (TPSA) is 101 Å². The van der Waals surface area contributed by atoms with Crippen LogP contribution in [0.1, 0.15) is 79.6 Å². The van der Waals surface area contributed by atoms with Crippen LogP contribution in [0.4, 0.5) is 0 Å². The number of benzene rings is 2. The summed E-state index contributed by atoms with van der Waals surface area (Å²) in [6, 6.07) is 16.2. The zero-order valence-electron chi connectivity index (χ0n) is 24.5. The first-order chi connectivity index (χ1) is 20.3. The standard InChI is InChI=1S/C34H39N3O4S/c1-4-5-6-7-8-17-41-29-15-13-25(14-16-29)28-20-35-32(36-21-28)26-11-9-24(10-12-26)18-30(34(39)40)37-33(38)27-19-31(23(2)3)42-22-27/h9-16,19-23,30H,4-8,17-18H2,1-3H3,(H,37,38)(H,39,40)/t30-/m0/s1. The Kier molecular flexibility index (Phi) is 11.2. The van der Waals surface area contributed by atoms with Gasteiger partial charge in [0.1, 0.15) is 11.8 Å². The normalized spacial score (nSPS) is 11.8. The van der Waals surface area contributed by atoms with E-state index < -0.39 is 12.0 Å². The summed E-state index contributed by atoms with van der Waals surface area (Å²) in [4.78, 5) is 34.7. The third kappa shape index (κ3) is 8.73. The third-order valence-corrected chi connectivity index (χ3v) is 8.30. The maximum atomic E-state index is 12.7. The Morgan fingerprint density at radius 2 is 1.57 bits per heavy atom. The molecular formula is C34H39N3O4S. The maximum absolute atomic E-state index is 12.7. The van der Waals surface area contributed by atoms with E-state index in [0.717, 1.165) is 45.9 Å². The van der Waals surface area contributed by atoms with Gasteiger partial charge in [0, 0.05) is 40.2 Å². The van der Waals surface area contributed by atoms with Gasteiger partial charge in [-0.3, -0.25) is 4.79 Å². The molecule has 0 fully saturated rings. The number of carboxylic acid groups (broad SMARTS) is 1. The zero-order valence-corrected chi connectivity index (χ0v) is 25.3. The molecule has 0 saturated heterocycles. The quantitative estimate of drug-likeness (QED) is 0.138. The highest BCUT2D eigenvalue weighted by molar-refractivity contribution is 7.10. The molecule has 1 amide bonds. The van der Waals surface area contributed by atoms with Crippen LogP contribution in [0.3, 0.4) is 0 Å². The average Bonchev–Trinajstić information content (AvgIpc) is 3.51. The predicted molar refractivity (Wildman–Crippen MR) is 168 cm³/mol. The molecule has 0 spiro atoms. The van der Waals surface area contributed by atoms with E-state index in [1.54, 1.807) is 17.8 Å². The van der Waals surface area contributed by atoms with Crippen molar-refractivity contribution in [1.82, 2.24) is 15.3 Å². The molecule has 0 saturated carbocycles. The third-order valence-electron chi connectivity index (χ3n) is 7.06. The lowest BCUT2D eigenvalue weighted by Gasteiger charge is -2.14. The van der Waals surface area contributed by atoms with Gasteiger partial charge in [-0.1, -0.05) is 82.9 Å². The highest BCUT2D eigenvalue weighted by atomic mass is 32.1. The molecule has 0 aliphatic heterocycles. The van der Waals surface area contributed by atoms with Crippen molar-refractivity contribution in [3.63, 3.8) is 0 Å². The molecule has 220 valence electrons. The van der Waals surface area contributed by atoms with Crippen LogP contribution >= 0.6 is 11.3 Å². The summed E-state index contributed by atoms with van der Waals surface area (Å²) in [7, 11) is 0. The highest BCUT2D eigenvalue weighted by Crippen LogP contribution is 2.25. The Hall–Kier alpha value is -4.04. The first-order valence-corrected chi connectivity index (χ1v) is 15.5. The molecule has 2 N–H and O–H groups in total. The van der Waals surface area contributed by atoms with Crippen LogP contribution in [-0.4, -0.2) is 39.6 Å². The van der Waals surface area contributed by atoms with Crippen molar-refractivity contribution in [2.75, 3.05) is 6.61 Å². The molecule has 4 aromatic rings. The summed E-state index contributed by atoms with van der Waals surface area (Å²) in [5.41, 5.74) is 4.02. The number of aliphatic carboxylic acids is 1. The lowest BCUT2D eigenvalue weighted by molar-refractivity contribution is -0.139. The van der Waals surface area contributed by atoms with Gasteiger partial charge in [0.05, 0.1) is 12.2 Å². The first kappa shape index (κ1) is 30.9. The van der Waals surface area contributed by atoms with Crippen molar-refractivity contribution in [2.24, 2.45) is 0 Å². The van der Waals surface area contributed by atoms with E-state index in [4.69, 9.17) is 4.74 Å². The van der Waals surface area contributed by atoms with Crippen LogP contribution in [0.5, 0.6) is 5.75 Å². The molecule has 0 unspecified atom stereocenters. The SMILES string of the molecule is CCCCCCCOc1ccc(-c2cnc(-c3ccc(C[C@H](NC(=O)c4csc(C(C)C)c4)C(=O)O)cc3)nc2)cc1. The Labute approximate surface area is 252 Å². The van der Waals surface area contributed by atoms with Gasteiger partial charge in [-0.05, 0) is 41.7 Å². The van der Waals surface area contributed by atoms with Crippen LogP contribution in [0.15, 0.2) is 72.4 Å². The van der Waals surface area contributed by atoms with Gasteiger partial charge in [0.25, 0.3) is 5.91 Å². The van der Waals surface area contributed by atoms with Gasteiger partial charge in [0.15, 0.2) is 5.82 Å². The Balaban J connectivity index is 1.32. The molecule has 0 aliphatic carbocycles. The molecule has 2 aromatic heterocycles. The molecule has 7 nitrogen and oxygen atoms in total. The summed E-state index contributed by atoms with van der Waals surface area (Å²) in [5.74, 6) is 0.299. The number of amides is 1. The van der Waals surface area contributed by atoms with Crippen molar-refractivity contribution in [1.29, 1.82) is 0 Å². The maximum Gasteiger partial charge on any atom is 0.326 e. The molecule has 1 atom stereocenters. The fourth-order valence-corrected chi connectivity index (χ4v) is 5.41. The lowest BCUT2D eigenvalue weighted by Crippen LogP contribution is -2.42. The molecule has 2 aromatic carbocycles. The fourth-order valence-electron chi connectivity index (χ4n) is 4.51. The largest absolute Gasteiger partial charge is 0.494 e. The second kappa shape index (κ2) is 15.3. The Morgan fingerprint density at radius 3 is 2.19 bits per heavy atom. The van der Waals surface area contributed by atoms with Crippen LogP contribution < -0.4 is 10.1 Å². The number of carbonyl (C=O) groups is 2. The van der Waals surface area contributed by atoms with Crippen LogP contribution in [-0.2, 0) is 11.2 Å². The number of hydrogen-bond donors (Lipinski definition) is 2. The van der Waals surface area contributed by atoms with Crippen molar-refractivity contribution < 1.29 is 19.4 Å². The van der Waals surface area contributed by atoms with Crippen LogP contribution in [0.2, 0.25) is 0 Å². The van der Waals surface area contributed by atoms with E-state index in [1.165, 1.54) is 37.0 Å². The molecular weight excluding hydrogens is 546 g/mol. The van der Waals surface area contributed by atoms with Gasteiger partial charge >= 0.3 is 5.97 Å². The van der Waals surface area contributed by atoms with E-state index >= 15 is 0 Å². The monoisotopic (exact) mass is 585 g/mol. The van der Waals surface area contributed by atoms with Gasteiger partial charge in [0.2, 0.25) is 0 Å². The van der Waals surface area contributed by atoms with Crippen LogP contribution in [0.25, 0.3) is 22.5 Å². The van der Waals surface area contributed by atoms with Crippen molar-refractivity contribution in [3.05, 3.63) is 88.4 Å². The van der Waals surface area contributed by atoms with E-state index in [1.807, 2.05) is 54.6 Å². The molecule has 0 radical (unpaired) electrons. The molecule has 4 rings (SSSR count). The average molecular weight is 586 g/mol. The fraction of sp³-hybridized carbons (Fsp3) is 0.353. The van der Waals surface area contributed by atoms with Crippen molar-refractivity contribution >= 4 is 23.2 Å². The second-order valence-electron chi connectivity index (χ2n) is 10.7. The van der Waals surface area contributed by atoms with Gasteiger partial charge in [-0.15, -0.1) is 11.3 Å². The second-order valence-corrected chi connectivity index (χ2v) is 11.7. The number of unbranched alkanes of at least 4 members (excludes halogenated alkanes) is 4. The molecule has 0 bridgehead atoms. The van der Waals surface area contributed by atoms with Crippen molar-refractivity contribution in [2.45, 2.75) is 71.3 Å². The van der Waals surface area contributed by atoms with Gasteiger partial charge in [-0.25, -0.2) is 14.8 Å². The number of rotatable bonds is 15. The summed E-state index contributed by atoms with van der Waals surface area (Å²) in [5, 5.41) is 14.2. The van der Waals surface area contributed by atoms with E-state index in [2.05, 4.69) is 36.1 Å². The summed E-state index contributed by atoms with van der Waals surface area (Å²) >= 11 is 1.50. The summed E-state index contributed by atoms with van der Waals surface area (Å²) in [6.45, 7) is 7.07. The summed E-state index contributed by atoms with van der Waals surface area (Å²) < 4.78 is 5.86. The zero-order chi connectivity index (χ0) is 29.9. The van der Waals surface area contributed by atoms with Gasteiger partial charge < -0.3 is 15.2 Å². The number of carboxylic acids is 1. The molecule has 0 aliphatic rings. The molecule has 2 heterocycles. The van der Waals surface area contributed by atoms with E-state index in [-0.39, 0.29) is 12.3 Å². The number of carbonyl (C=O) groups excluding carboxylic acids is 1. The van der Waals surface area contributed by atoms with Crippen molar-refractivity contribution in [3.8, 4) is 28.3 Å². The van der Waals surface area contributed by atoms with Gasteiger partial charge in [-0.2, -0.15) is 0 Å². The number of nitrogens with one attached hydrogen (secondary N) is 1. The number of aromatic nitrogens is 2. The Morgan fingerprint density at radius 1 is 0.905 bits per heavy atom. The highest BCUT2D eigenvalue weighted by Gasteiger charge is 2.22. The molecule has 8 heteroatoms. The Bertz CT molecular complexity index is 1430. The minimum atomic E-state index is -1.08. The first-order valence-electron chi connectivity index (χ1n) is 14.6. The van der Waals surface area contributed by atoms with E-state index in [0.29, 0.717) is 17.3 Å². The lowest BCUT2D eigenvalue weighted by atomic mass is 10.0. The number of thiophene rings is 1. The smallest absolute Gasteiger partial charge is 0.326 e.